The zero-order valence-electron chi connectivity index (χ0n) is 11.9. The van der Waals surface area contributed by atoms with Gasteiger partial charge in [-0.3, -0.25) is 0 Å². The average molecular weight is 246 g/mol. The number of benzene rings is 1. The van der Waals surface area contributed by atoms with E-state index in [0.29, 0.717) is 12.1 Å². The van der Waals surface area contributed by atoms with E-state index in [4.69, 9.17) is 0 Å². The first kappa shape index (κ1) is 13.4. The van der Waals surface area contributed by atoms with Crippen LogP contribution in [0.2, 0.25) is 0 Å². The molecule has 0 bridgehead atoms. The lowest BCUT2D eigenvalue weighted by Gasteiger charge is -2.33. The van der Waals surface area contributed by atoms with Crippen molar-refractivity contribution in [1.29, 1.82) is 0 Å². The smallest absolute Gasteiger partial charge is 0.0398 e. The van der Waals surface area contributed by atoms with E-state index in [9.17, 15) is 0 Å². The first-order chi connectivity index (χ1) is 8.70. The molecule has 0 saturated carbocycles. The van der Waals surface area contributed by atoms with Gasteiger partial charge < -0.3 is 10.2 Å². The second-order valence-corrected chi connectivity index (χ2v) is 5.52. The number of para-hydroxylation sites is 1. The van der Waals surface area contributed by atoms with E-state index in [1.54, 1.807) is 0 Å². The number of hydrogen-bond acceptors (Lipinski definition) is 2. The van der Waals surface area contributed by atoms with E-state index in [1.165, 1.54) is 24.1 Å². The van der Waals surface area contributed by atoms with Crippen molar-refractivity contribution in [3.05, 3.63) is 29.8 Å². The highest BCUT2D eigenvalue weighted by atomic mass is 15.1. The molecular weight excluding hydrogens is 220 g/mol. The zero-order valence-corrected chi connectivity index (χ0v) is 11.9. The Bertz CT molecular complexity index is 363. The molecule has 1 heterocycles. The molecule has 1 aliphatic rings. The summed E-state index contributed by atoms with van der Waals surface area (Å²) in [6, 6.07) is 10.1. The molecule has 0 aliphatic carbocycles. The molecule has 0 aromatic heterocycles. The highest BCUT2D eigenvalue weighted by molar-refractivity contribution is 5.53. The zero-order chi connectivity index (χ0) is 13.0. The molecule has 1 aromatic carbocycles. The Morgan fingerprint density at radius 3 is 2.33 bits per heavy atom. The molecule has 1 saturated heterocycles. The first-order valence-electron chi connectivity index (χ1n) is 7.29. The van der Waals surface area contributed by atoms with Crippen LogP contribution in [0.4, 0.5) is 5.69 Å². The Kier molecular flexibility index (Phi) is 4.65. The molecular formula is C16H26N2. The second-order valence-electron chi connectivity index (χ2n) is 5.52. The second kappa shape index (κ2) is 6.24. The van der Waals surface area contributed by atoms with Crippen LogP contribution >= 0.6 is 0 Å². The Hall–Kier alpha value is -1.02. The van der Waals surface area contributed by atoms with E-state index >= 15 is 0 Å². The van der Waals surface area contributed by atoms with Crippen LogP contribution in [-0.4, -0.2) is 25.2 Å². The molecule has 0 radical (unpaired) electrons. The fraction of sp³-hybridized carbons (Fsp3) is 0.625. The van der Waals surface area contributed by atoms with Crippen molar-refractivity contribution in [2.24, 2.45) is 0 Å². The molecule has 100 valence electrons. The minimum absolute atomic E-state index is 0.622. The van der Waals surface area contributed by atoms with Gasteiger partial charge in [0.1, 0.15) is 0 Å². The van der Waals surface area contributed by atoms with Crippen molar-refractivity contribution >= 4 is 5.69 Å². The van der Waals surface area contributed by atoms with E-state index in [-0.39, 0.29) is 0 Å². The van der Waals surface area contributed by atoms with E-state index in [2.05, 4.69) is 55.3 Å². The maximum atomic E-state index is 3.66. The SMILES string of the molecule is CCc1ccccc1N1CCC(C)NC(C)CC1. The van der Waals surface area contributed by atoms with Gasteiger partial charge in [0.25, 0.3) is 0 Å². The van der Waals surface area contributed by atoms with Crippen LogP contribution in [0.25, 0.3) is 0 Å². The van der Waals surface area contributed by atoms with Crippen LogP contribution in [0.15, 0.2) is 24.3 Å². The summed E-state index contributed by atoms with van der Waals surface area (Å²) in [5.74, 6) is 0. The maximum Gasteiger partial charge on any atom is 0.0398 e. The van der Waals surface area contributed by atoms with Crippen LogP contribution < -0.4 is 10.2 Å². The molecule has 2 atom stereocenters. The standard InChI is InChI=1S/C16H26N2/c1-4-15-7-5-6-8-16(15)18-11-9-13(2)17-14(3)10-12-18/h5-8,13-14,17H,4,9-12H2,1-3H3. The van der Waals surface area contributed by atoms with Gasteiger partial charge in [-0.05, 0) is 44.7 Å². The molecule has 1 N–H and O–H groups in total. The lowest BCUT2D eigenvalue weighted by molar-refractivity contribution is 0.404. The third-order valence-corrected chi connectivity index (χ3v) is 3.95. The topological polar surface area (TPSA) is 15.3 Å². The number of nitrogens with zero attached hydrogens (tertiary/aromatic N) is 1. The molecule has 2 rings (SSSR count). The first-order valence-corrected chi connectivity index (χ1v) is 7.29. The van der Waals surface area contributed by atoms with Gasteiger partial charge in [-0.25, -0.2) is 0 Å². The summed E-state index contributed by atoms with van der Waals surface area (Å²) in [5.41, 5.74) is 2.92. The van der Waals surface area contributed by atoms with Crippen molar-refractivity contribution in [2.45, 2.75) is 52.1 Å². The summed E-state index contributed by atoms with van der Waals surface area (Å²) in [7, 11) is 0. The van der Waals surface area contributed by atoms with Crippen LogP contribution in [0.5, 0.6) is 0 Å². The number of aryl methyl sites for hydroxylation is 1. The fourth-order valence-electron chi connectivity index (χ4n) is 2.82. The van der Waals surface area contributed by atoms with Crippen molar-refractivity contribution in [3.63, 3.8) is 0 Å². The van der Waals surface area contributed by atoms with Crippen LogP contribution in [0.1, 0.15) is 39.2 Å². The maximum absolute atomic E-state index is 3.66. The largest absolute Gasteiger partial charge is 0.371 e. The predicted molar refractivity (Wildman–Crippen MR) is 79.3 cm³/mol. The minimum Gasteiger partial charge on any atom is -0.371 e. The normalized spacial score (nSPS) is 25.6. The lowest BCUT2D eigenvalue weighted by atomic mass is 10.1. The minimum atomic E-state index is 0.622. The van der Waals surface area contributed by atoms with Crippen molar-refractivity contribution in [3.8, 4) is 0 Å². The fourth-order valence-corrected chi connectivity index (χ4v) is 2.82. The lowest BCUT2D eigenvalue weighted by Crippen LogP contribution is -2.43. The average Bonchev–Trinajstić information content (AvgIpc) is 2.37. The van der Waals surface area contributed by atoms with Gasteiger partial charge in [-0.15, -0.1) is 0 Å². The summed E-state index contributed by atoms with van der Waals surface area (Å²) >= 11 is 0. The van der Waals surface area contributed by atoms with Crippen molar-refractivity contribution in [2.75, 3.05) is 18.0 Å². The van der Waals surface area contributed by atoms with Gasteiger partial charge in [0.05, 0.1) is 0 Å². The predicted octanol–water partition coefficient (Wildman–Crippen LogP) is 3.22. The molecule has 2 nitrogen and oxygen atoms in total. The van der Waals surface area contributed by atoms with Gasteiger partial charge in [-0.2, -0.15) is 0 Å². The molecule has 1 fully saturated rings. The van der Waals surface area contributed by atoms with Crippen LogP contribution in [0, 0.1) is 0 Å². The van der Waals surface area contributed by atoms with Crippen molar-refractivity contribution < 1.29 is 0 Å². The highest BCUT2D eigenvalue weighted by Crippen LogP contribution is 2.22. The van der Waals surface area contributed by atoms with E-state index < -0.39 is 0 Å². The number of nitrogens with one attached hydrogen (secondary N) is 1. The third-order valence-electron chi connectivity index (χ3n) is 3.95. The quantitative estimate of drug-likeness (QED) is 0.862. The Balaban J connectivity index is 2.15. The van der Waals surface area contributed by atoms with Crippen molar-refractivity contribution in [1.82, 2.24) is 5.32 Å². The number of anilines is 1. The van der Waals surface area contributed by atoms with Crippen LogP contribution in [-0.2, 0) is 6.42 Å². The van der Waals surface area contributed by atoms with Gasteiger partial charge in [0.15, 0.2) is 0 Å². The van der Waals surface area contributed by atoms with Gasteiger partial charge in [0.2, 0.25) is 0 Å². The highest BCUT2D eigenvalue weighted by Gasteiger charge is 2.17. The third kappa shape index (κ3) is 3.26. The summed E-state index contributed by atoms with van der Waals surface area (Å²) < 4.78 is 0. The number of rotatable bonds is 2. The molecule has 2 heteroatoms. The number of hydrogen-bond donors (Lipinski definition) is 1. The van der Waals surface area contributed by atoms with E-state index in [1.807, 2.05) is 0 Å². The molecule has 0 amide bonds. The van der Waals surface area contributed by atoms with Gasteiger partial charge in [-0.1, -0.05) is 25.1 Å². The van der Waals surface area contributed by atoms with Gasteiger partial charge >= 0.3 is 0 Å². The Morgan fingerprint density at radius 2 is 1.72 bits per heavy atom. The molecule has 18 heavy (non-hydrogen) atoms. The molecule has 2 unspecified atom stereocenters. The Labute approximate surface area is 111 Å². The monoisotopic (exact) mass is 246 g/mol. The summed E-state index contributed by atoms with van der Waals surface area (Å²) in [6.45, 7) is 9.17. The summed E-state index contributed by atoms with van der Waals surface area (Å²) in [5, 5.41) is 3.66. The summed E-state index contributed by atoms with van der Waals surface area (Å²) in [6.07, 6.45) is 3.57. The summed E-state index contributed by atoms with van der Waals surface area (Å²) in [4.78, 5) is 2.58. The van der Waals surface area contributed by atoms with Crippen LogP contribution in [0.3, 0.4) is 0 Å². The van der Waals surface area contributed by atoms with E-state index in [0.717, 1.165) is 19.5 Å². The molecule has 0 spiro atoms. The molecule has 1 aliphatic heterocycles. The molecule has 1 aromatic rings. The Morgan fingerprint density at radius 1 is 1.11 bits per heavy atom. The van der Waals surface area contributed by atoms with Gasteiger partial charge in [0, 0.05) is 30.9 Å².